The molecule has 1 fully saturated rings. The summed E-state index contributed by atoms with van der Waals surface area (Å²) in [5.74, 6) is 0.380. The second-order valence-electron chi connectivity index (χ2n) is 5.88. The van der Waals surface area contributed by atoms with E-state index in [9.17, 15) is 13.2 Å². The van der Waals surface area contributed by atoms with Gasteiger partial charge in [0.15, 0.2) is 9.84 Å². The highest BCUT2D eigenvalue weighted by atomic mass is 32.2. The number of nitrogens with one attached hydrogen (secondary N) is 2. The van der Waals surface area contributed by atoms with E-state index >= 15 is 0 Å². The summed E-state index contributed by atoms with van der Waals surface area (Å²) in [4.78, 5) is 12.2. The fraction of sp³-hybridized carbons (Fsp3) is 0.533. The maximum absolute atomic E-state index is 12.2. The van der Waals surface area contributed by atoms with Gasteiger partial charge in [0.05, 0.1) is 11.5 Å². The second kappa shape index (κ2) is 5.67. The molecule has 2 N–H and O–H groups in total. The number of hydrogen-bond acceptors (Lipinski definition) is 4. The maximum atomic E-state index is 12.2. The Balaban J connectivity index is 1.61. The Hall–Kier alpha value is -1.56. The fourth-order valence-corrected chi connectivity index (χ4v) is 4.85. The number of amides is 1. The summed E-state index contributed by atoms with van der Waals surface area (Å²) in [6, 6.07) is 5.70. The van der Waals surface area contributed by atoms with Crippen LogP contribution < -0.4 is 10.6 Å². The van der Waals surface area contributed by atoms with Gasteiger partial charge in [0.25, 0.3) is 5.91 Å². The molecule has 0 aliphatic carbocycles. The van der Waals surface area contributed by atoms with Crippen molar-refractivity contribution in [3.8, 4) is 0 Å². The molecule has 1 aromatic rings. The fourth-order valence-electron chi connectivity index (χ4n) is 2.99. The van der Waals surface area contributed by atoms with Gasteiger partial charge in [-0.1, -0.05) is 0 Å². The zero-order valence-electron chi connectivity index (χ0n) is 11.9. The van der Waals surface area contributed by atoms with Crippen LogP contribution in [0.1, 0.15) is 28.8 Å². The predicted molar refractivity (Wildman–Crippen MR) is 82.3 cm³/mol. The summed E-state index contributed by atoms with van der Waals surface area (Å²) >= 11 is 0. The molecule has 21 heavy (non-hydrogen) atoms. The molecule has 3 rings (SSSR count). The molecule has 0 spiro atoms. The van der Waals surface area contributed by atoms with Gasteiger partial charge in [-0.25, -0.2) is 8.42 Å². The van der Waals surface area contributed by atoms with E-state index in [0.29, 0.717) is 18.5 Å². The van der Waals surface area contributed by atoms with E-state index in [1.807, 2.05) is 18.2 Å². The number of carbonyl (C=O) groups is 1. The quantitative estimate of drug-likeness (QED) is 0.880. The molecule has 5 nitrogen and oxygen atoms in total. The lowest BCUT2D eigenvalue weighted by Crippen LogP contribution is -2.30. The molecule has 1 saturated heterocycles. The molecule has 0 saturated carbocycles. The summed E-state index contributed by atoms with van der Waals surface area (Å²) in [6.07, 6.45) is 2.72. The Morgan fingerprint density at radius 2 is 2.24 bits per heavy atom. The lowest BCUT2D eigenvalue weighted by atomic mass is 10.0. The Morgan fingerprint density at radius 3 is 3.00 bits per heavy atom. The van der Waals surface area contributed by atoms with Crippen LogP contribution in [0.4, 0.5) is 5.69 Å². The van der Waals surface area contributed by atoms with Crippen molar-refractivity contribution in [1.29, 1.82) is 0 Å². The molecule has 0 bridgehead atoms. The minimum atomic E-state index is -2.88. The molecule has 2 aliphatic rings. The summed E-state index contributed by atoms with van der Waals surface area (Å²) in [6.45, 7) is 1.42. The van der Waals surface area contributed by atoms with Crippen molar-refractivity contribution in [2.75, 3.05) is 29.9 Å². The van der Waals surface area contributed by atoms with Crippen molar-refractivity contribution in [2.24, 2.45) is 5.92 Å². The van der Waals surface area contributed by atoms with Crippen molar-refractivity contribution in [3.63, 3.8) is 0 Å². The van der Waals surface area contributed by atoms with E-state index in [1.165, 1.54) is 5.56 Å². The number of benzene rings is 1. The van der Waals surface area contributed by atoms with Crippen LogP contribution in [-0.2, 0) is 16.3 Å². The van der Waals surface area contributed by atoms with Crippen LogP contribution in [0.15, 0.2) is 18.2 Å². The average Bonchev–Trinajstić information content (AvgIpc) is 2.83. The SMILES string of the molecule is O=C(NCC1CCS(=O)(=O)C1)c1ccc2c(c1)CCCN2. The Morgan fingerprint density at radius 1 is 1.38 bits per heavy atom. The van der Waals surface area contributed by atoms with Gasteiger partial charge in [-0.05, 0) is 48.9 Å². The molecule has 1 atom stereocenters. The van der Waals surface area contributed by atoms with Crippen LogP contribution in [0.5, 0.6) is 0 Å². The standard InChI is InChI=1S/C15H20N2O3S/c18-15(17-9-11-5-7-21(19,20)10-11)13-3-4-14-12(8-13)2-1-6-16-14/h3-4,8,11,16H,1-2,5-7,9-10H2,(H,17,18). The highest BCUT2D eigenvalue weighted by Gasteiger charge is 2.28. The zero-order chi connectivity index (χ0) is 14.9. The molecular weight excluding hydrogens is 288 g/mol. The van der Waals surface area contributed by atoms with Crippen LogP contribution in [0.3, 0.4) is 0 Å². The normalized spacial score (nSPS) is 23.1. The maximum Gasteiger partial charge on any atom is 0.251 e. The third kappa shape index (κ3) is 3.37. The van der Waals surface area contributed by atoms with Gasteiger partial charge in [0.2, 0.25) is 0 Å². The second-order valence-corrected chi connectivity index (χ2v) is 8.11. The molecule has 1 aromatic carbocycles. The smallest absolute Gasteiger partial charge is 0.251 e. The topological polar surface area (TPSA) is 75.3 Å². The van der Waals surface area contributed by atoms with E-state index in [0.717, 1.165) is 25.1 Å². The predicted octanol–water partition coefficient (Wildman–Crippen LogP) is 1.21. The Labute approximate surface area is 125 Å². The molecular formula is C15H20N2O3S. The first-order chi connectivity index (χ1) is 10.0. The van der Waals surface area contributed by atoms with Crippen LogP contribution >= 0.6 is 0 Å². The highest BCUT2D eigenvalue weighted by molar-refractivity contribution is 7.91. The summed E-state index contributed by atoms with van der Waals surface area (Å²) in [5.41, 5.74) is 2.94. The molecule has 0 aromatic heterocycles. The Kier molecular flexibility index (Phi) is 3.89. The van der Waals surface area contributed by atoms with Gasteiger partial charge in [-0.15, -0.1) is 0 Å². The van der Waals surface area contributed by atoms with Crippen molar-refractivity contribution < 1.29 is 13.2 Å². The summed E-state index contributed by atoms with van der Waals surface area (Å²) in [5, 5.41) is 6.18. The molecule has 2 heterocycles. The molecule has 0 radical (unpaired) electrons. The minimum absolute atomic E-state index is 0.0539. The van der Waals surface area contributed by atoms with E-state index in [1.54, 1.807) is 0 Å². The lowest BCUT2D eigenvalue weighted by Gasteiger charge is -2.18. The van der Waals surface area contributed by atoms with Gasteiger partial charge >= 0.3 is 0 Å². The van der Waals surface area contributed by atoms with Crippen molar-refractivity contribution in [3.05, 3.63) is 29.3 Å². The van der Waals surface area contributed by atoms with Gasteiger partial charge in [0, 0.05) is 24.3 Å². The largest absolute Gasteiger partial charge is 0.385 e. The van der Waals surface area contributed by atoms with Crippen molar-refractivity contribution in [1.82, 2.24) is 5.32 Å². The summed E-state index contributed by atoms with van der Waals surface area (Å²) < 4.78 is 22.8. The number of carbonyl (C=O) groups excluding carboxylic acids is 1. The number of aryl methyl sites for hydroxylation is 1. The first-order valence-corrected chi connectivity index (χ1v) is 9.21. The van der Waals surface area contributed by atoms with Crippen LogP contribution in [0.25, 0.3) is 0 Å². The Bertz CT molecular complexity index is 655. The van der Waals surface area contributed by atoms with E-state index in [-0.39, 0.29) is 23.3 Å². The number of fused-ring (bicyclic) bond motifs is 1. The zero-order valence-corrected chi connectivity index (χ0v) is 12.7. The van der Waals surface area contributed by atoms with Crippen LogP contribution in [0, 0.1) is 5.92 Å². The van der Waals surface area contributed by atoms with E-state index in [4.69, 9.17) is 0 Å². The molecule has 1 amide bonds. The summed E-state index contributed by atoms with van der Waals surface area (Å²) in [7, 11) is -2.88. The molecule has 114 valence electrons. The van der Waals surface area contributed by atoms with Gasteiger partial charge in [0.1, 0.15) is 0 Å². The molecule has 6 heteroatoms. The van der Waals surface area contributed by atoms with E-state index < -0.39 is 9.84 Å². The van der Waals surface area contributed by atoms with Gasteiger partial charge in [-0.2, -0.15) is 0 Å². The highest BCUT2D eigenvalue weighted by Crippen LogP contribution is 2.23. The average molecular weight is 308 g/mol. The van der Waals surface area contributed by atoms with E-state index in [2.05, 4.69) is 10.6 Å². The van der Waals surface area contributed by atoms with Crippen molar-refractivity contribution in [2.45, 2.75) is 19.3 Å². The number of hydrogen-bond donors (Lipinski definition) is 2. The van der Waals surface area contributed by atoms with Gasteiger partial charge in [-0.3, -0.25) is 4.79 Å². The monoisotopic (exact) mass is 308 g/mol. The van der Waals surface area contributed by atoms with Crippen LogP contribution in [-0.4, -0.2) is 38.9 Å². The first-order valence-electron chi connectivity index (χ1n) is 7.39. The van der Waals surface area contributed by atoms with Crippen LogP contribution in [0.2, 0.25) is 0 Å². The lowest BCUT2D eigenvalue weighted by molar-refractivity contribution is 0.0948. The minimum Gasteiger partial charge on any atom is -0.385 e. The van der Waals surface area contributed by atoms with Crippen molar-refractivity contribution >= 4 is 21.4 Å². The van der Waals surface area contributed by atoms with Gasteiger partial charge < -0.3 is 10.6 Å². The number of rotatable bonds is 3. The molecule has 1 unspecified atom stereocenters. The number of sulfone groups is 1. The number of anilines is 1. The first kappa shape index (κ1) is 14.4. The third-order valence-electron chi connectivity index (χ3n) is 4.18. The third-order valence-corrected chi connectivity index (χ3v) is 6.02. The molecule has 2 aliphatic heterocycles.